The number of halogens is 12. The lowest BCUT2D eigenvalue weighted by atomic mass is 9.90. The number of rotatable bonds is 6. The highest BCUT2D eigenvalue weighted by atomic mass is 19.4. The fourth-order valence-electron chi connectivity index (χ4n) is 1.68. The van der Waals surface area contributed by atoms with Gasteiger partial charge < -0.3 is 4.74 Å². The molecular weight excluding hydrogens is 392 g/mol. The summed E-state index contributed by atoms with van der Waals surface area (Å²) in [6.07, 6.45) is -10.2. The maximum absolute atomic E-state index is 13.6. The van der Waals surface area contributed by atoms with Crippen LogP contribution in [-0.2, 0) is 9.53 Å². The average molecular weight is 398 g/mol. The molecule has 0 aromatic carbocycles. The molecule has 1 aliphatic rings. The van der Waals surface area contributed by atoms with Crippen LogP contribution in [0.3, 0.4) is 0 Å². The van der Waals surface area contributed by atoms with Crippen LogP contribution >= 0.6 is 0 Å². The average Bonchev–Trinajstić information content (AvgIpc) is 2.46. The van der Waals surface area contributed by atoms with Gasteiger partial charge in [-0.15, -0.1) is 0 Å². The second kappa shape index (κ2) is 5.97. The molecule has 2 nitrogen and oxygen atoms in total. The minimum Gasteiger partial charge on any atom is -0.491 e. The third-order valence-electron chi connectivity index (χ3n) is 3.19. The highest BCUT2D eigenvalue weighted by molar-refractivity contribution is 5.90. The van der Waals surface area contributed by atoms with E-state index in [9.17, 15) is 57.5 Å². The van der Waals surface area contributed by atoms with Crippen LogP contribution in [0.25, 0.3) is 0 Å². The summed E-state index contributed by atoms with van der Waals surface area (Å²) in [7, 11) is 0. The lowest BCUT2D eigenvalue weighted by molar-refractivity contribution is -0.419. The molecular formula is C11H6F12O2. The van der Waals surface area contributed by atoms with Crippen molar-refractivity contribution in [1.82, 2.24) is 0 Å². The van der Waals surface area contributed by atoms with Crippen LogP contribution in [0.15, 0.2) is 12.3 Å². The minimum atomic E-state index is -7.63. The first kappa shape index (κ1) is 21.4. The third kappa shape index (κ3) is 2.92. The van der Waals surface area contributed by atoms with Gasteiger partial charge in [0.2, 0.25) is 0 Å². The predicted octanol–water partition coefficient (Wildman–Crippen LogP) is 4.30. The Morgan fingerprint density at radius 2 is 1.36 bits per heavy atom. The molecule has 0 saturated heterocycles. The highest BCUT2D eigenvalue weighted by Gasteiger charge is 2.88. The second-order valence-corrected chi connectivity index (χ2v) is 4.87. The van der Waals surface area contributed by atoms with Gasteiger partial charge in [-0.25, -0.2) is 8.78 Å². The van der Waals surface area contributed by atoms with E-state index in [1.54, 1.807) is 0 Å². The molecule has 1 heterocycles. The van der Waals surface area contributed by atoms with E-state index in [4.69, 9.17) is 0 Å². The van der Waals surface area contributed by atoms with Gasteiger partial charge in [0.15, 0.2) is 11.9 Å². The van der Waals surface area contributed by atoms with Gasteiger partial charge in [-0.05, 0) is 0 Å². The maximum Gasteiger partial charge on any atom is 0.384 e. The highest BCUT2D eigenvalue weighted by Crippen LogP contribution is 2.59. The number of carbonyl (C=O) groups excluding carboxylic acids is 1. The zero-order valence-electron chi connectivity index (χ0n) is 11.4. The van der Waals surface area contributed by atoms with Gasteiger partial charge in [0.25, 0.3) is 0 Å². The first-order valence-corrected chi connectivity index (χ1v) is 5.96. The predicted molar refractivity (Wildman–Crippen MR) is 54.4 cm³/mol. The quantitative estimate of drug-likeness (QED) is 0.624. The molecule has 0 aromatic heterocycles. The molecule has 1 atom stereocenters. The third-order valence-corrected chi connectivity index (χ3v) is 3.19. The fourth-order valence-corrected chi connectivity index (χ4v) is 1.68. The molecule has 0 radical (unpaired) electrons. The summed E-state index contributed by atoms with van der Waals surface area (Å²) >= 11 is 0. The Hall–Kier alpha value is -1.63. The largest absolute Gasteiger partial charge is 0.491 e. The Kier molecular flexibility index (Phi) is 5.11. The first-order chi connectivity index (χ1) is 10.9. The van der Waals surface area contributed by atoms with Crippen molar-refractivity contribution >= 4 is 5.78 Å². The lowest BCUT2D eigenvalue weighted by Crippen LogP contribution is -2.70. The van der Waals surface area contributed by atoms with Crippen molar-refractivity contribution in [2.75, 3.05) is 0 Å². The summed E-state index contributed by atoms with van der Waals surface area (Å²) < 4.78 is 159. The van der Waals surface area contributed by atoms with E-state index in [0.717, 1.165) is 0 Å². The summed E-state index contributed by atoms with van der Waals surface area (Å²) in [5.41, 5.74) is 0. The zero-order valence-corrected chi connectivity index (χ0v) is 11.4. The topological polar surface area (TPSA) is 26.3 Å². The van der Waals surface area contributed by atoms with Gasteiger partial charge >= 0.3 is 36.0 Å². The lowest BCUT2D eigenvalue weighted by Gasteiger charge is -2.41. The van der Waals surface area contributed by atoms with Gasteiger partial charge in [0.05, 0.1) is 12.7 Å². The molecule has 1 rings (SSSR count). The second-order valence-electron chi connectivity index (χ2n) is 4.87. The molecule has 0 bridgehead atoms. The van der Waals surface area contributed by atoms with Crippen molar-refractivity contribution in [2.24, 2.45) is 0 Å². The van der Waals surface area contributed by atoms with Crippen LogP contribution in [0, 0.1) is 0 Å². The summed E-state index contributed by atoms with van der Waals surface area (Å²) in [5.74, 6) is -37.2. The Balaban J connectivity index is 3.38. The van der Waals surface area contributed by atoms with Crippen LogP contribution in [0.2, 0.25) is 0 Å². The Labute approximate surface area is 130 Å². The van der Waals surface area contributed by atoms with E-state index in [1.807, 2.05) is 0 Å². The molecule has 0 spiro atoms. The van der Waals surface area contributed by atoms with Gasteiger partial charge in [0, 0.05) is 6.08 Å². The molecule has 0 aromatic rings. The standard InChI is InChI=1S/C11H6F12O2/c12-6(13)8(16,17)10(20,21)11(22,23)9(18,19)7(14,15)5-3-4(24)1-2-25-5/h1-2,5-6H,3H2. The Morgan fingerprint density at radius 1 is 0.880 bits per heavy atom. The molecule has 0 amide bonds. The van der Waals surface area contributed by atoms with Gasteiger partial charge in [-0.3, -0.25) is 4.79 Å². The summed E-state index contributed by atoms with van der Waals surface area (Å²) in [4.78, 5) is 10.8. The molecule has 0 saturated carbocycles. The van der Waals surface area contributed by atoms with Crippen LogP contribution < -0.4 is 0 Å². The van der Waals surface area contributed by atoms with E-state index in [2.05, 4.69) is 4.74 Å². The number of hydrogen-bond acceptors (Lipinski definition) is 2. The van der Waals surface area contributed by atoms with Gasteiger partial charge in [0.1, 0.15) is 0 Å². The molecule has 0 N–H and O–H groups in total. The van der Waals surface area contributed by atoms with Crippen molar-refractivity contribution in [3.63, 3.8) is 0 Å². The van der Waals surface area contributed by atoms with E-state index < -0.39 is 54.3 Å². The van der Waals surface area contributed by atoms with E-state index >= 15 is 0 Å². The van der Waals surface area contributed by atoms with Gasteiger partial charge in [-0.1, -0.05) is 0 Å². The van der Waals surface area contributed by atoms with Crippen LogP contribution in [-0.4, -0.2) is 47.9 Å². The van der Waals surface area contributed by atoms with E-state index in [1.165, 1.54) is 0 Å². The number of hydrogen-bond donors (Lipinski definition) is 0. The monoisotopic (exact) mass is 398 g/mol. The SMILES string of the molecule is O=C1C=COC(C(F)(F)C(F)(F)C(F)(F)C(F)(F)C(F)(F)C(F)F)C1. The zero-order chi connectivity index (χ0) is 20.1. The van der Waals surface area contributed by atoms with Gasteiger partial charge in [-0.2, -0.15) is 43.9 Å². The van der Waals surface area contributed by atoms with Crippen molar-refractivity contribution in [3.8, 4) is 0 Å². The molecule has 0 aliphatic carbocycles. The van der Waals surface area contributed by atoms with Crippen LogP contribution in [0.4, 0.5) is 52.7 Å². The molecule has 146 valence electrons. The molecule has 14 heteroatoms. The number of carbonyl (C=O) groups is 1. The van der Waals surface area contributed by atoms with Crippen LogP contribution in [0.5, 0.6) is 0 Å². The number of ether oxygens (including phenoxy) is 1. The maximum atomic E-state index is 13.6. The van der Waals surface area contributed by atoms with E-state index in [0.29, 0.717) is 6.08 Å². The molecule has 0 fully saturated rings. The minimum absolute atomic E-state index is 0.0739. The smallest absolute Gasteiger partial charge is 0.384 e. The normalized spacial score (nSPS) is 20.8. The Morgan fingerprint density at radius 3 is 1.76 bits per heavy atom. The van der Waals surface area contributed by atoms with Crippen molar-refractivity contribution in [2.45, 2.75) is 48.6 Å². The van der Waals surface area contributed by atoms with Crippen molar-refractivity contribution < 1.29 is 62.2 Å². The van der Waals surface area contributed by atoms with E-state index in [-0.39, 0.29) is 6.26 Å². The number of alkyl halides is 12. The molecule has 1 unspecified atom stereocenters. The number of ketones is 1. The first-order valence-electron chi connectivity index (χ1n) is 5.96. The summed E-state index contributed by atoms with van der Waals surface area (Å²) in [6.45, 7) is 0. The van der Waals surface area contributed by atoms with Crippen molar-refractivity contribution in [3.05, 3.63) is 12.3 Å². The van der Waals surface area contributed by atoms with Crippen molar-refractivity contribution in [1.29, 1.82) is 0 Å². The summed E-state index contributed by atoms with van der Waals surface area (Å²) in [5, 5.41) is 0. The number of allylic oxidation sites excluding steroid dienone is 1. The summed E-state index contributed by atoms with van der Waals surface area (Å²) in [6, 6.07) is 0. The molecule has 25 heavy (non-hydrogen) atoms. The van der Waals surface area contributed by atoms with Crippen LogP contribution in [0.1, 0.15) is 6.42 Å². The fraction of sp³-hybridized carbons (Fsp3) is 0.727. The Bertz CT molecular complexity index is 553. The molecule has 1 aliphatic heterocycles.